The molecule has 19 heavy (non-hydrogen) atoms. The zero-order chi connectivity index (χ0) is 13.5. The number of hydrogen-bond acceptors (Lipinski definition) is 3. The molecule has 2 aliphatic rings. The molecule has 3 heteroatoms. The number of ether oxygens (including phenoxy) is 1. The average molecular weight is 260 g/mol. The summed E-state index contributed by atoms with van der Waals surface area (Å²) < 4.78 is 5.56. The lowest BCUT2D eigenvalue weighted by molar-refractivity contribution is 0.401. The Hall–Kier alpha value is -1.22. The van der Waals surface area contributed by atoms with Gasteiger partial charge in [0.25, 0.3) is 0 Å². The van der Waals surface area contributed by atoms with Crippen LogP contribution in [0.2, 0.25) is 0 Å². The summed E-state index contributed by atoms with van der Waals surface area (Å²) in [6, 6.07) is 8.38. The highest BCUT2D eigenvalue weighted by molar-refractivity contribution is 5.60. The number of anilines is 1. The maximum absolute atomic E-state index is 5.56. The van der Waals surface area contributed by atoms with Crippen molar-refractivity contribution in [2.45, 2.75) is 32.2 Å². The molecule has 1 aliphatic carbocycles. The van der Waals surface area contributed by atoms with Crippen LogP contribution in [0.5, 0.6) is 5.75 Å². The van der Waals surface area contributed by atoms with Crippen LogP contribution in [0.15, 0.2) is 24.3 Å². The molecule has 1 aromatic carbocycles. The van der Waals surface area contributed by atoms with Crippen LogP contribution in [-0.4, -0.2) is 32.3 Å². The molecule has 0 radical (unpaired) electrons. The Kier molecular flexibility index (Phi) is 2.97. The second-order valence-electron chi connectivity index (χ2n) is 6.67. The third-order valence-electron chi connectivity index (χ3n) is 4.61. The Morgan fingerprint density at radius 1 is 1.16 bits per heavy atom. The van der Waals surface area contributed by atoms with Gasteiger partial charge in [0.1, 0.15) is 5.75 Å². The maximum Gasteiger partial charge on any atom is 0.142 e. The summed E-state index contributed by atoms with van der Waals surface area (Å²) in [5.41, 5.74) is 1.83. The van der Waals surface area contributed by atoms with Gasteiger partial charge in [-0.15, -0.1) is 0 Å². The van der Waals surface area contributed by atoms with E-state index in [9.17, 15) is 0 Å². The Labute approximate surface area is 115 Å². The number of para-hydroxylation sites is 2. The predicted octanol–water partition coefficient (Wildman–Crippen LogP) is 2.66. The van der Waals surface area contributed by atoms with Crippen molar-refractivity contribution < 1.29 is 4.74 Å². The third kappa shape index (κ3) is 2.32. The van der Waals surface area contributed by atoms with Gasteiger partial charge >= 0.3 is 0 Å². The van der Waals surface area contributed by atoms with Crippen molar-refractivity contribution in [2.24, 2.45) is 5.41 Å². The van der Waals surface area contributed by atoms with Crippen molar-refractivity contribution in [2.75, 3.05) is 31.6 Å². The molecule has 1 N–H and O–H groups in total. The molecular formula is C16H24N2O. The van der Waals surface area contributed by atoms with Gasteiger partial charge < -0.3 is 15.0 Å². The second kappa shape index (κ2) is 4.41. The fraction of sp³-hybridized carbons (Fsp3) is 0.625. The number of nitrogens with one attached hydrogen (secondary N) is 1. The normalized spacial score (nSPS) is 24.1. The smallest absolute Gasteiger partial charge is 0.142 e. The molecule has 1 saturated carbocycles. The van der Waals surface area contributed by atoms with Gasteiger partial charge in [-0.2, -0.15) is 0 Å². The van der Waals surface area contributed by atoms with Crippen LogP contribution in [0.4, 0.5) is 5.69 Å². The highest BCUT2D eigenvalue weighted by Crippen LogP contribution is 2.49. The zero-order valence-electron chi connectivity index (χ0n) is 12.2. The van der Waals surface area contributed by atoms with E-state index >= 15 is 0 Å². The molecule has 0 amide bonds. The predicted molar refractivity (Wildman–Crippen MR) is 79.0 cm³/mol. The molecule has 1 aromatic rings. The van der Waals surface area contributed by atoms with Gasteiger partial charge in [0.2, 0.25) is 0 Å². The summed E-state index contributed by atoms with van der Waals surface area (Å²) in [7, 11) is 1.76. The van der Waals surface area contributed by atoms with E-state index in [1.165, 1.54) is 18.5 Å². The quantitative estimate of drug-likeness (QED) is 0.885. The first-order valence-electron chi connectivity index (χ1n) is 7.18. The summed E-state index contributed by atoms with van der Waals surface area (Å²) in [5, 5.41) is 3.65. The molecule has 0 aromatic heterocycles. The van der Waals surface area contributed by atoms with Gasteiger partial charge in [-0.1, -0.05) is 12.1 Å². The fourth-order valence-corrected chi connectivity index (χ4v) is 3.11. The number of benzene rings is 1. The molecule has 0 bridgehead atoms. The van der Waals surface area contributed by atoms with Crippen molar-refractivity contribution in [3.8, 4) is 5.75 Å². The molecule has 0 atom stereocenters. The Balaban J connectivity index is 1.98. The molecule has 1 heterocycles. The Morgan fingerprint density at radius 2 is 1.89 bits per heavy atom. The first kappa shape index (κ1) is 12.8. The van der Waals surface area contributed by atoms with E-state index in [4.69, 9.17) is 4.74 Å². The highest BCUT2D eigenvalue weighted by atomic mass is 16.5. The standard InChI is InChI=1S/C16H24N2O/c1-15(2)10-17-11-16(8-9-16)12-18(15)13-6-4-5-7-14(13)19-3/h4-7,17H,8-12H2,1-3H3. The van der Waals surface area contributed by atoms with E-state index in [0.29, 0.717) is 5.41 Å². The summed E-state index contributed by atoms with van der Waals surface area (Å²) in [6.07, 6.45) is 2.70. The lowest BCUT2D eigenvalue weighted by atomic mass is 9.99. The van der Waals surface area contributed by atoms with Crippen molar-refractivity contribution in [3.05, 3.63) is 24.3 Å². The lowest BCUT2D eigenvalue weighted by Gasteiger charge is -2.40. The van der Waals surface area contributed by atoms with Crippen LogP contribution in [0, 0.1) is 5.41 Å². The summed E-state index contributed by atoms with van der Waals surface area (Å²) >= 11 is 0. The van der Waals surface area contributed by atoms with Crippen LogP contribution >= 0.6 is 0 Å². The molecule has 2 fully saturated rings. The fourth-order valence-electron chi connectivity index (χ4n) is 3.11. The van der Waals surface area contributed by atoms with E-state index in [2.05, 4.69) is 42.3 Å². The molecule has 3 rings (SSSR count). The minimum atomic E-state index is 0.112. The van der Waals surface area contributed by atoms with Gasteiger partial charge in [-0.3, -0.25) is 0 Å². The van der Waals surface area contributed by atoms with Crippen LogP contribution in [-0.2, 0) is 0 Å². The summed E-state index contributed by atoms with van der Waals surface area (Å²) in [4.78, 5) is 2.54. The molecule has 1 spiro atoms. The van der Waals surface area contributed by atoms with E-state index in [-0.39, 0.29) is 5.54 Å². The summed E-state index contributed by atoms with van der Waals surface area (Å²) in [5.74, 6) is 0.980. The molecule has 1 saturated heterocycles. The number of nitrogens with zero attached hydrogens (tertiary/aromatic N) is 1. The first-order valence-corrected chi connectivity index (χ1v) is 7.18. The van der Waals surface area contributed by atoms with Gasteiger partial charge in [-0.25, -0.2) is 0 Å². The Bertz CT molecular complexity index is 466. The van der Waals surface area contributed by atoms with E-state index < -0.39 is 0 Å². The number of rotatable bonds is 2. The van der Waals surface area contributed by atoms with E-state index in [1.54, 1.807) is 7.11 Å². The minimum Gasteiger partial charge on any atom is -0.495 e. The van der Waals surface area contributed by atoms with E-state index in [0.717, 1.165) is 25.4 Å². The molecule has 104 valence electrons. The van der Waals surface area contributed by atoms with Crippen LogP contribution < -0.4 is 15.0 Å². The van der Waals surface area contributed by atoms with Crippen LogP contribution in [0.3, 0.4) is 0 Å². The Morgan fingerprint density at radius 3 is 2.58 bits per heavy atom. The second-order valence-corrected chi connectivity index (χ2v) is 6.67. The highest BCUT2D eigenvalue weighted by Gasteiger charge is 2.48. The first-order chi connectivity index (χ1) is 9.06. The van der Waals surface area contributed by atoms with Gasteiger partial charge in [-0.05, 0) is 38.8 Å². The van der Waals surface area contributed by atoms with E-state index in [1.807, 2.05) is 6.07 Å². The van der Waals surface area contributed by atoms with Crippen LogP contribution in [0.1, 0.15) is 26.7 Å². The number of hydrogen-bond donors (Lipinski definition) is 1. The third-order valence-corrected chi connectivity index (χ3v) is 4.61. The average Bonchev–Trinajstić information content (AvgIpc) is 3.17. The zero-order valence-corrected chi connectivity index (χ0v) is 12.2. The molecule has 0 unspecified atom stereocenters. The molecular weight excluding hydrogens is 236 g/mol. The molecule has 1 aliphatic heterocycles. The summed E-state index contributed by atoms with van der Waals surface area (Å²) in [6.45, 7) is 7.93. The van der Waals surface area contributed by atoms with Crippen molar-refractivity contribution in [3.63, 3.8) is 0 Å². The monoisotopic (exact) mass is 260 g/mol. The molecule has 3 nitrogen and oxygen atoms in total. The number of methoxy groups -OCH3 is 1. The van der Waals surface area contributed by atoms with Gasteiger partial charge in [0.05, 0.1) is 12.8 Å². The van der Waals surface area contributed by atoms with Gasteiger partial charge in [0, 0.05) is 30.6 Å². The van der Waals surface area contributed by atoms with Crippen molar-refractivity contribution in [1.29, 1.82) is 0 Å². The van der Waals surface area contributed by atoms with Crippen LogP contribution in [0.25, 0.3) is 0 Å². The minimum absolute atomic E-state index is 0.112. The lowest BCUT2D eigenvalue weighted by Crippen LogP contribution is -2.49. The largest absolute Gasteiger partial charge is 0.495 e. The van der Waals surface area contributed by atoms with Gasteiger partial charge in [0.15, 0.2) is 0 Å². The van der Waals surface area contributed by atoms with Crippen molar-refractivity contribution >= 4 is 5.69 Å². The topological polar surface area (TPSA) is 24.5 Å². The van der Waals surface area contributed by atoms with Crippen molar-refractivity contribution in [1.82, 2.24) is 5.32 Å². The SMILES string of the molecule is COc1ccccc1N1CC2(CC2)CNCC1(C)C. The maximum atomic E-state index is 5.56.